The number of thiophene rings is 1. The number of nitrogens with zero attached hydrogens (tertiary/aromatic N) is 3. The molecule has 1 aliphatic heterocycles. The number of hydrogen-bond donors (Lipinski definition) is 2. The fraction of sp³-hybridized carbons (Fsp3) is 0.500. The lowest BCUT2D eigenvalue weighted by Crippen LogP contribution is -2.36. The van der Waals surface area contributed by atoms with Crippen molar-refractivity contribution < 1.29 is 9.53 Å². The van der Waals surface area contributed by atoms with Crippen molar-refractivity contribution >= 4 is 33.3 Å². The van der Waals surface area contributed by atoms with Gasteiger partial charge in [0.05, 0.1) is 38.2 Å². The number of amides is 1. The smallest absolute Gasteiger partial charge is 0.240 e. The lowest BCUT2D eigenvalue weighted by molar-refractivity contribution is -0.119. The van der Waals surface area contributed by atoms with E-state index in [2.05, 4.69) is 35.3 Å². The summed E-state index contributed by atoms with van der Waals surface area (Å²) in [6.45, 7) is 8.38. The number of nitrogens with one attached hydrogen (secondary N) is 2. The highest BCUT2D eigenvalue weighted by Crippen LogP contribution is 2.33. The van der Waals surface area contributed by atoms with Crippen LogP contribution in [0.2, 0.25) is 0 Å². The first-order valence-electron chi connectivity index (χ1n) is 8.59. The van der Waals surface area contributed by atoms with Gasteiger partial charge in [-0.05, 0) is 19.4 Å². The summed E-state index contributed by atoms with van der Waals surface area (Å²) >= 11 is 1.66. The Bertz CT molecular complexity index is 836. The quantitative estimate of drug-likeness (QED) is 0.743. The normalized spacial score (nSPS) is 15.0. The van der Waals surface area contributed by atoms with Gasteiger partial charge >= 0.3 is 0 Å². The van der Waals surface area contributed by atoms with Crippen LogP contribution in [0.4, 0.5) is 5.82 Å². The molecule has 1 aliphatic rings. The molecule has 0 atom stereocenters. The number of aromatic nitrogens is 2. The number of carbonyl (C=O) groups is 1. The lowest BCUT2D eigenvalue weighted by atomic mass is 10.2. The van der Waals surface area contributed by atoms with Crippen molar-refractivity contribution in [3.63, 3.8) is 0 Å². The van der Waals surface area contributed by atoms with Crippen molar-refractivity contribution in [2.24, 2.45) is 0 Å². The molecule has 2 N–H and O–H groups in total. The van der Waals surface area contributed by atoms with Gasteiger partial charge in [-0.1, -0.05) is 5.92 Å². The minimum absolute atomic E-state index is 0.124. The van der Waals surface area contributed by atoms with Crippen molar-refractivity contribution in [3.8, 4) is 12.3 Å². The fourth-order valence-corrected chi connectivity index (χ4v) is 3.88. The second-order valence-corrected chi connectivity index (χ2v) is 7.38. The van der Waals surface area contributed by atoms with E-state index in [1.165, 1.54) is 4.88 Å². The monoisotopic (exact) mass is 373 g/mol. The molecule has 1 fully saturated rings. The molecule has 0 aromatic carbocycles. The van der Waals surface area contributed by atoms with Crippen LogP contribution >= 0.6 is 11.3 Å². The zero-order chi connectivity index (χ0) is 18.5. The molecule has 3 heterocycles. The maximum Gasteiger partial charge on any atom is 0.240 e. The van der Waals surface area contributed by atoms with Crippen molar-refractivity contribution in [1.82, 2.24) is 20.2 Å². The number of carbonyl (C=O) groups excluding carboxylic acids is 1. The van der Waals surface area contributed by atoms with E-state index in [-0.39, 0.29) is 19.0 Å². The summed E-state index contributed by atoms with van der Waals surface area (Å²) in [4.78, 5) is 25.8. The third-order valence-electron chi connectivity index (χ3n) is 4.35. The summed E-state index contributed by atoms with van der Waals surface area (Å²) in [5.41, 5.74) is 1.15. The average Bonchev–Trinajstić information content (AvgIpc) is 2.93. The van der Waals surface area contributed by atoms with Crippen LogP contribution < -0.4 is 10.6 Å². The highest BCUT2D eigenvalue weighted by atomic mass is 32.1. The van der Waals surface area contributed by atoms with E-state index in [1.807, 2.05) is 0 Å². The molecule has 1 amide bonds. The minimum atomic E-state index is -0.158. The molecule has 7 nitrogen and oxygen atoms in total. The zero-order valence-electron chi connectivity index (χ0n) is 15.1. The van der Waals surface area contributed by atoms with Gasteiger partial charge in [0, 0.05) is 18.0 Å². The van der Waals surface area contributed by atoms with Crippen LogP contribution in [-0.2, 0) is 16.1 Å². The molecule has 138 valence electrons. The maximum absolute atomic E-state index is 11.9. The number of fused-ring (bicyclic) bond motifs is 1. The van der Waals surface area contributed by atoms with Crippen LogP contribution in [0.25, 0.3) is 10.2 Å². The summed E-state index contributed by atoms with van der Waals surface area (Å²) in [5, 5.41) is 6.80. The zero-order valence-corrected chi connectivity index (χ0v) is 15.9. The van der Waals surface area contributed by atoms with E-state index < -0.39 is 0 Å². The molecular formula is C18H23N5O2S. The summed E-state index contributed by atoms with van der Waals surface area (Å²) in [5.74, 6) is 3.70. The predicted molar refractivity (Wildman–Crippen MR) is 103 cm³/mol. The Labute approximate surface area is 157 Å². The van der Waals surface area contributed by atoms with Gasteiger partial charge < -0.3 is 15.4 Å². The number of hydrogen-bond acceptors (Lipinski definition) is 7. The van der Waals surface area contributed by atoms with Gasteiger partial charge in [-0.25, -0.2) is 9.97 Å². The second-order valence-electron chi connectivity index (χ2n) is 6.17. The number of terminal acetylenes is 1. The van der Waals surface area contributed by atoms with E-state index in [1.54, 1.807) is 11.3 Å². The van der Waals surface area contributed by atoms with E-state index >= 15 is 0 Å². The first-order chi connectivity index (χ1) is 12.6. The van der Waals surface area contributed by atoms with E-state index in [4.69, 9.17) is 21.1 Å². The number of anilines is 1. The molecule has 0 bridgehead atoms. The van der Waals surface area contributed by atoms with Crippen LogP contribution in [0.15, 0.2) is 0 Å². The molecular weight excluding hydrogens is 350 g/mol. The molecule has 2 aromatic heterocycles. The van der Waals surface area contributed by atoms with Gasteiger partial charge in [0.2, 0.25) is 5.91 Å². The Morgan fingerprint density at radius 2 is 2.12 bits per heavy atom. The highest BCUT2D eigenvalue weighted by molar-refractivity contribution is 7.18. The van der Waals surface area contributed by atoms with Gasteiger partial charge in [0.1, 0.15) is 16.5 Å². The van der Waals surface area contributed by atoms with Crippen molar-refractivity contribution in [1.29, 1.82) is 0 Å². The number of morpholine rings is 1. The van der Waals surface area contributed by atoms with Crippen LogP contribution in [0.5, 0.6) is 0 Å². The Morgan fingerprint density at radius 3 is 2.85 bits per heavy atom. The first kappa shape index (κ1) is 18.6. The van der Waals surface area contributed by atoms with Crippen molar-refractivity contribution in [3.05, 3.63) is 16.3 Å². The highest BCUT2D eigenvalue weighted by Gasteiger charge is 2.18. The number of aryl methyl sites for hydroxylation is 2. The lowest BCUT2D eigenvalue weighted by Gasteiger charge is -2.25. The Morgan fingerprint density at radius 1 is 1.35 bits per heavy atom. The average molecular weight is 373 g/mol. The topological polar surface area (TPSA) is 79.4 Å². The molecule has 0 aliphatic carbocycles. The Kier molecular flexibility index (Phi) is 6.04. The molecule has 8 heteroatoms. The van der Waals surface area contributed by atoms with E-state index in [0.717, 1.165) is 47.9 Å². The van der Waals surface area contributed by atoms with Crippen molar-refractivity contribution in [2.75, 3.05) is 44.7 Å². The third kappa shape index (κ3) is 4.30. The SMILES string of the molecule is C#CCNC(=O)CNc1nc(CN2CCOCC2)nc2sc(C)c(C)c12. The minimum Gasteiger partial charge on any atom is -0.379 e. The molecule has 1 saturated heterocycles. The van der Waals surface area contributed by atoms with Gasteiger partial charge in [-0.15, -0.1) is 17.8 Å². The second kappa shape index (κ2) is 8.45. The standard InChI is InChI=1S/C18H23N5O2S/c1-4-5-19-15(24)10-20-17-16-12(2)13(3)26-18(16)22-14(21-17)11-23-6-8-25-9-7-23/h1H,5-11H2,2-3H3,(H,19,24)(H,20,21,22). The third-order valence-corrected chi connectivity index (χ3v) is 5.45. The number of rotatable bonds is 6. The predicted octanol–water partition coefficient (Wildman–Crippen LogP) is 1.30. The van der Waals surface area contributed by atoms with Crippen molar-refractivity contribution in [2.45, 2.75) is 20.4 Å². The van der Waals surface area contributed by atoms with Crippen LogP contribution in [0.3, 0.4) is 0 Å². The molecule has 0 unspecified atom stereocenters. The van der Waals surface area contributed by atoms with Gasteiger partial charge in [-0.2, -0.15) is 0 Å². The van der Waals surface area contributed by atoms with Gasteiger partial charge in [0.15, 0.2) is 0 Å². The summed E-state index contributed by atoms with van der Waals surface area (Å²) in [7, 11) is 0. The maximum atomic E-state index is 11.9. The molecule has 0 radical (unpaired) electrons. The molecule has 0 saturated carbocycles. The Hall–Kier alpha value is -2.21. The molecule has 2 aromatic rings. The summed E-state index contributed by atoms with van der Waals surface area (Å²) in [6, 6.07) is 0. The van der Waals surface area contributed by atoms with E-state index in [0.29, 0.717) is 12.4 Å². The largest absolute Gasteiger partial charge is 0.379 e. The van der Waals surface area contributed by atoms with Crippen LogP contribution in [-0.4, -0.2) is 60.2 Å². The summed E-state index contributed by atoms with van der Waals surface area (Å²) in [6.07, 6.45) is 5.17. The fourth-order valence-electron chi connectivity index (χ4n) is 2.83. The molecule has 3 rings (SSSR count). The van der Waals surface area contributed by atoms with Gasteiger partial charge in [0.25, 0.3) is 0 Å². The van der Waals surface area contributed by atoms with Crippen LogP contribution in [0, 0.1) is 26.2 Å². The summed E-state index contributed by atoms with van der Waals surface area (Å²) < 4.78 is 5.40. The molecule has 0 spiro atoms. The first-order valence-corrected chi connectivity index (χ1v) is 9.41. The van der Waals surface area contributed by atoms with E-state index in [9.17, 15) is 4.79 Å². The molecule has 26 heavy (non-hydrogen) atoms. The van der Waals surface area contributed by atoms with Gasteiger partial charge in [-0.3, -0.25) is 9.69 Å². The van der Waals surface area contributed by atoms with Crippen LogP contribution in [0.1, 0.15) is 16.3 Å². The number of ether oxygens (including phenoxy) is 1. The Balaban J connectivity index is 1.83.